The number of halogens is 1. The Morgan fingerprint density at radius 1 is 1.22 bits per heavy atom. The van der Waals surface area contributed by atoms with Crippen molar-refractivity contribution in [3.8, 4) is 0 Å². The van der Waals surface area contributed by atoms with Gasteiger partial charge in [0.05, 0.1) is 12.2 Å². The summed E-state index contributed by atoms with van der Waals surface area (Å²) in [7, 11) is 0. The Kier molecular flexibility index (Phi) is 2.92. The zero-order chi connectivity index (χ0) is 12.5. The van der Waals surface area contributed by atoms with Crippen LogP contribution in [0.25, 0.3) is 10.9 Å². The average Bonchev–Trinajstić information content (AvgIpc) is 2.75. The summed E-state index contributed by atoms with van der Waals surface area (Å²) in [5.74, 6) is 0. The van der Waals surface area contributed by atoms with E-state index >= 15 is 0 Å². The SMILES string of the molecule is Cc1cccnc1Cn1ccc2ccc(Br)cc21. The van der Waals surface area contributed by atoms with Crippen molar-refractivity contribution in [3.05, 3.63) is 64.5 Å². The van der Waals surface area contributed by atoms with Crippen LogP contribution in [0.1, 0.15) is 11.3 Å². The highest BCUT2D eigenvalue weighted by molar-refractivity contribution is 9.10. The zero-order valence-electron chi connectivity index (χ0n) is 10.1. The molecule has 0 saturated heterocycles. The molecule has 0 atom stereocenters. The van der Waals surface area contributed by atoms with Crippen molar-refractivity contribution < 1.29 is 0 Å². The largest absolute Gasteiger partial charge is 0.341 e. The monoisotopic (exact) mass is 300 g/mol. The van der Waals surface area contributed by atoms with E-state index in [0.29, 0.717) is 0 Å². The molecule has 1 aromatic carbocycles. The van der Waals surface area contributed by atoms with E-state index in [1.165, 1.54) is 16.5 Å². The number of aryl methyl sites for hydroxylation is 1. The highest BCUT2D eigenvalue weighted by Crippen LogP contribution is 2.21. The van der Waals surface area contributed by atoms with Gasteiger partial charge in [-0.2, -0.15) is 0 Å². The molecule has 18 heavy (non-hydrogen) atoms. The van der Waals surface area contributed by atoms with Gasteiger partial charge in [0.15, 0.2) is 0 Å². The molecule has 0 aliphatic rings. The van der Waals surface area contributed by atoms with Crippen LogP contribution >= 0.6 is 15.9 Å². The lowest BCUT2D eigenvalue weighted by Gasteiger charge is -2.07. The molecule has 3 heteroatoms. The van der Waals surface area contributed by atoms with Gasteiger partial charge in [-0.25, -0.2) is 0 Å². The molecule has 0 unspecified atom stereocenters. The van der Waals surface area contributed by atoms with Gasteiger partial charge in [0.1, 0.15) is 0 Å². The fourth-order valence-corrected chi connectivity index (χ4v) is 2.49. The van der Waals surface area contributed by atoms with Crippen LogP contribution in [0.15, 0.2) is 53.3 Å². The van der Waals surface area contributed by atoms with Crippen LogP contribution in [0.5, 0.6) is 0 Å². The number of aromatic nitrogens is 2. The Balaban J connectivity index is 2.05. The van der Waals surface area contributed by atoms with Crippen molar-refractivity contribution in [3.63, 3.8) is 0 Å². The van der Waals surface area contributed by atoms with Crippen molar-refractivity contribution >= 4 is 26.8 Å². The van der Waals surface area contributed by atoms with Crippen LogP contribution < -0.4 is 0 Å². The second kappa shape index (κ2) is 4.58. The summed E-state index contributed by atoms with van der Waals surface area (Å²) in [6.45, 7) is 2.91. The van der Waals surface area contributed by atoms with Crippen molar-refractivity contribution in [1.82, 2.24) is 9.55 Å². The van der Waals surface area contributed by atoms with Crippen molar-refractivity contribution in [2.45, 2.75) is 13.5 Å². The number of fused-ring (bicyclic) bond motifs is 1. The van der Waals surface area contributed by atoms with Gasteiger partial charge < -0.3 is 4.57 Å². The van der Waals surface area contributed by atoms with Gasteiger partial charge in [0.25, 0.3) is 0 Å². The predicted molar refractivity (Wildman–Crippen MR) is 77.7 cm³/mol. The van der Waals surface area contributed by atoms with Gasteiger partial charge in [0.2, 0.25) is 0 Å². The third-order valence-corrected chi connectivity index (χ3v) is 3.67. The molecule has 0 N–H and O–H groups in total. The van der Waals surface area contributed by atoms with Crippen molar-refractivity contribution in [2.24, 2.45) is 0 Å². The van der Waals surface area contributed by atoms with E-state index in [4.69, 9.17) is 0 Å². The summed E-state index contributed by atoms with van der Waals surface area (Å²) in [5.41, 5.74) is 3.58. The minimum atomic E-state index is 0.812. The molecule has 2 heterocycles. The van der Waals surface area contributed by atoms with Gasteiger partial charge >= 0.3 is 0 Å². The molecule has 2 aromatic heterocycles. The maximum atomic E-state index is 4.45. The minimum absolute atomic E-state index is 0.812. The minimum Gasteiger partial charge on any atom is -0.341 e. The summed E-state index contributed by atoms with van der Waals surface area (Å²) in [6.07, 6.45) is 3.97. The van der Waals surface area contributed by atoms with E-state index in [9.17, 15) is 0 Å². The Hall–Kier alpha value is -1.61. The van der Waals surface area contributed by atoms with Crippen LogP contribution in [0, 0.1) is 6.92 Å². The highest BCUT2D eigenvalue weighted by atomic mass is 79.9. The average molecular weight is 301 g/mol. The molecule has 0 bridgehead atoms. The van der Waals surface area contributed by atoms with Crippen LogP contribution in [0.2, 0.25) is 0 Å². The predicted octanol–water partition coefficient (Wildman–Crippen LogP) is 4.16. The maximum Gasteiger partial charge on any atom is 0.0651 e. The maximum absolute atomic E-state index is 4.45. The third-order valence-electron chi connectivity index (χ3n) is 3.17. The molecule has 0 spiro atoms. The number of nitrogens with zero attached hydrogens (tertiary/aromatic N) is 2. The van der Waals surface area contributed by atoms with Gasteiger partial charge in [-0.05, 0) is 42.1 Å². The van der Waals surface area contributed by atoms with Crippen LogP contribution in [0.4, 0.5) is 0 Å². The quantitative estimate of drug-likeness (QED) is 0.695. The molecule has 0 amide bonds. The zero-order valence-corrected chi connectivity index (χ0v) is 11.7. The molecule has 0 saturated carbocycles. The number of benzene rings is 1. The molecular weight excluding hydrogens is 288 g/mol. The molecular formula is C15H13BrN2. The van der Waals surface area contributed by atoms with E-state index in [0.717, 1.165) is 16.7 Å². The fourth-order valence-electron chi connectivity index (χ4n) is 2.14. The van der Waals surface area contributed by atoms with E-state index in [1.807, 2.05) is 12.3 Å². The first-order chi connectivity index (χ1) is 8.74. The van der Waals surface area contributed by atoms with E-state index in [2.05, 4.69) is 68.9 Å². The summed E-state index contributed by atoms with van der Waals surface area (Å²) in [4.78, 5) is 4.45. The lowest BCUT2D eigenvalue weighted by atomic mass is 10.2. The van der Waals surface area contributed by atoms with Crippen LogP contribution in [0.3, 0.4) is 0 Å². The summed E-state index contributed by atoms with van der Waals surface area (Å²) in [6, 6.07) is 12.6. The van der Waals surface area contributed by atoms with Crippen molar-refractivity contribution in [1.29, 1.82) is 0 Å². The first-order valence-electron chi connectivity index (χ1n) is 5.89. The topological polar surface area (TPSA) is 17.8 Å². The Morgan fingerprint density at radius 3 is 2.94 bits per heavy atom. The lowest BCUT2D eigenvalue weighted by molar-refractivity contribution is 0.799. The Labute approximate surface area is 114 Å². The fraction of sp³-hybridized carbons (Fsp3) is 0.133. The third kappa shape index (κ3) is 2.06. The number of pyridine rings is 1. The lowest BCUT2D eigenvalue weighted by Crippen LogP contribution is -2.02. The summed E-state index contributed by atoms with van der Waals surface area (Å²) in [5, 5.41) is 1.26. The standard InChI is InChI=1S/C15H13BrN2/c1-11-3-2-7-17-14(11)10-18-8-6-12-4-5-13(16)9-15(12)18/h2-9H,10H2,1H3. The molecule has 0 aliphatic carbocycles. The molecule has 2 nitrogen and oxygen atoms in total. The number of hydrogen-bond donors (Lipinski definition) is 0. The molecule has 90 valence electrons. The van der Waals surface area contributed by atoms with Crippen LogP contribution in [-0.2, 0) is 6.54 Å². The van der Waals surface area contributed by atoms with Crippen molar-refractivity contribution in [2.75, 3.05) is 0 Å². The van der Waals surface area contributed by atoms with Gasteiger partial charge in [-0.1, -0.05) is 28.1 Å². The van der Waals surface area contributed by atoms with E-state index < -0.39 is 0 Å². The second-order valence-electron chi connectivity index (χ2n) is 4.41. The van der Waals surface area contributed by atoms with E-state index in [1.54, 1.807) is 0 Å². The van der Waals surface area contributed by atoms with E-state index in [-0.39, 0.29) is 0 Å². The van der Waals surface area contributed by atoms with Gasteiger partial charge in [0, 0.05) is 22.4 Å². The van der Waals surface area contributed by atoms with Gasteiger partial charge in [-0.15, -0.1) is 0 Å². The van der Waals surface area contributed by atoms with Crippen LogP contribution in [-0.4, -0.2) is 9.55 Å². The second-order valence-corrected chi connectivity index (χ2v) is 5.33. The Bertz CT molecular complexity index is 701. The first kappa shape index (κ1) is 11.5. The normalized spacial score (nSPS) is 11.0. The molecule has 3 aromatic rings. The molecule has 0 radical (unpaired) electrons. The van der Waals surface area contributed by atoms with Gasteiger partial charge in [-0.3, -0.25) is 4.98 Å². The number of hydrogen-bond acceptors (Lipinski definition) is 1. The highest BCUT2D eigenvalue weighted by Gasteiger charge is 2.04. The Morgan fingerprint density at radius 2 is 2.11 bits per heavy atom. The summed E-state index contributed by atoms with van der Waals surface area (Å²) >= 11 is 3.52. The number of rotatable bonds is 2. The first-order valence-corrected chi connectivity index (χ1v) is 6.68. The molecule has 0 aliphatic heterocycles. The summed E-state index contributed by atoms with van der Waals surface area (Å²) < 4.78 is 3.34. The smallest absolute Gasteiger partial charge is 0.0651 e. The molecule has 3 rings (SSSR count). The molecule has 0 fully saturated rings.